The summed E-state index contributed by atoms with van der Waals surface area (Å²) in [6, 6.07) is 3.57. The van der Waals surface area contributed by atoms with Crippen LogP contribution in [0, 0.1) is 0 Å². The molecular weight excluding hydrogens is 302 g/mol. The molecule has 1 atom stereocenters. The molecule has 1 aliphatic carbocycles. The summed E-state index contributed by atoms with van der Waals surface area (Å²) in [4.78, 5) is 16.9. The predicted molar refractivity (Wildman–Crippen MR) is 84.0 cm³/mol. The summed E-state index contributed by atoms with van der Waals surface area (Å²) in [5.74, 6) is -0.120. The van der Waals surface area contributed by atoms with Gasteiger partial charge in [-0.15, -0.1) is 0 Å². The largest absolute Gasteiger partial charge is 0.357 e. The van der Waals surface area contributed by atoms with Crippen LogP contribution in [0.3, 0.4) is 0 Å². The highest BCUT2D eigenvalue weighted by molar-refractivity contribution is 7.90. The van der Waals surface area contributed by atoms with Crippen LogP contribution in [0.15, 0.2) is 18.3 Å². The van der Waals surface area contributed by atoms with Crippen molar-refractivity contribution in [1.29, 1.82) is 0 Å². The van der Waals surface area contributed by atoms with Crippen molar-refractivity contribution in [2.24, 2.45) is 0 Å². The molecule has 1 aliphatic heterocycles. The number of H-pyrrole nitrogens is 1. The normalized spacial score (nSPS) is 23.8. The molecule has 122 valence electrons. The molecule has 2 N–H and O–H groups in total. The number of rotatable bonds is 4. The Balaban J connectivity index is 1.65. The summed E-state index contributed by atoms with van der Waals surface area (Å²) in [6.07, 6.45) is 7.09. The van der Waals surface area contributed by atoms with Crippen molar-refractivity contribution >= 4 is 15.9 Å². The molecule has 0 unspecified atom stereocenters. The number of likely N-dealkylation sites (tertiary alicyclic amines) is 1. The third-order valence-corrected chi connectivity index (χ3v) is 6.54. The lowest BCUT2D eigenvalue weighted by molar-refractivity contribution is 0.0721. The van der Waals surface area contributed by atoms with Gasteiger partial charge >= 0.3 is 0 Å². The first-order valence-corrected chi connectivity index (χ1v) is 9.55. The fourth-order valence-electron chi connectivity index (χ4n) is 3.38. The smallest absolute Gasteiger partial charge is 0.270 e. The van der Waals surface area contributed by atoms with Gasteiger partial charge in [0.1, 0.15) is 5.69 Å². The zero-order valence-electron chi connectivity index (χ0n) is 12.6. The molecule has 0 bridgehead atoms. The number of hydrogen-bond donors (Lipinski definition) is 2. The molecule has 1 saturated heterocycles. The van der Waals surface area contributed by atoms with Crippen LogP contribution >= 0.6 is 0 Å². The Morgan fingerprint density at radius 1 is 1.23 bits per heavy atom. The van der Waals surface area contributed by atoms with E-state index in [0.717, 1.165) is 32.1 Å². The Hall–Kier alpha value is -1.34. The minimum Gasteiger partial charge on any atom is -0.357 e. The number of amides is 1. The molecule has 1 aromatic heterocycles. The first kappa shape index (κ1) is 15.6. The van der Waals surface area contributed by atoms with Crippen molar-refractivity contribution in [2.75, 3.05) is 13.1 Å². The molecule has 2 fully saturated rings. The fraction of sp³-hybridized carbons (Fsp3) is 0.667. The lowest BCUT2D eigenvalue weighted by Crippen LogP contribution is -2.50. The Bertz CT molecular complexity index is 606. The van der Waals surface area contributed by atoms with Crippen LogP contribution in [0.4, 0.5) is 0 Å². The van der Waals surface area contributed by atoms with Gasteiger partial charge in [-0.25, -0.2) is 13.1 Å². The number of sulfonamides is 1. The summed E-state index contributed by atoms with van der Waals surface area (Å²) in [7, 11) is -3.36. The van der Waals surface area contributed by atoms with Crippen molar-refractivity contribution in [1.82, 2.24) is 14.6 Å². The van der Waals surface area contributed by atoms with Crippen molar-refractivity contribution in [3.8, 4) is 0 Å². The average Bonchev–Trinajstić information content (AvgIpc) is 3.19. The van der Waals surface area contributed by atoms with Gasteiger partial charge in [-0.2, -0.15) is 0 Å². The van der Waals surface area contributed by atoms with Crippen molar-refractivity contribution in [3.63, 3.8) is 0 Å². The van der Waals surface area contributed by atoms with Crippen LogP contribution in [0.25, 0.3) is 0 Å². The maximum Gasteiger partial charge on any atom is 0.270 e. The second-order valence-electron chi connectivity index (χ2n) is 6.24. The van der Waals surface area contributed by atoms with Gasteiger partial charge in [-0.05, 0) is 37.8 Å². The van der Waals surface area contributed by atoms with Gasteiger partial charge in [-0.3, -0.25) is 4.79 Å². The van der Waals surface area contributed by atoms with Gasteiger partial charge in [0, 0.05) is 25.3 Å². The Labute approximate surface area is 131 Å². The van der Waals surface area contributed by atoms with E-state index in [1.165, 1.54) is 0 Å². The minimum absolute atomic E-state index is 0.0829. The summed E-state index contributed by atoms with van der Waals surface area (Å²) in [6.45, 7) is 0.896. The number of nitrogens with zero attached hydrogens (tertiary/aromatic N) is 1. The maximum absolute atomic E-state index is 12.5. The molecule has 22 heavy (non-hydrogen) atoms. The molecule has 1 amide bonds. The number of aromatic nitrogens is 1. The van der Waals surface area contributed by atoms with Crippen LogP contribution in [-0.2, 0) is 10.0 Å². The van der Waals surface area contributed by atoms with E-state index in [0.29, 0.717) is 18.7 Å². The second kappa shape index (κ2) is 6.42. The summed E-state index contributed by atoms with van der Waals surface area (Å²) in [5.41, 5.74) is 0.516. The van der Waals surface area contributed by atoms with Crippen LogP contribution in [0.2, 0.25) is 0 Å². The molecule has 1 aromatic rings. The summed E-state index contributed by atoms with van der Waals surface area (Å²) in [5, 5.41) is -0.499. The van der Waals surface area contributed by atoms with Gasteiger partial charge in [-0.1, -0.05) is 12.8 Å². The third kappa shape index (κ3) is 3.35. The maximum atomic E-state index is 12.5. The van der Waals surface area contributed by atoms with E-state index in [2.05, 4.69) is 9.71 Å². The van der Waals surface area contributed by atoms with Gasteiger partial charge < -0.3 is 9.88 Å². The number of hydrogen-bond acceptors (Lipinski definition) is 3. The zero-order chi connectivity index (χ0) is 15.6. The first-order chi connectivity index (χ1) is 10.6. The molecule has 0 aromatic carbocycles. The van der Waals surface area contributed by atoms with Crippen LogP contribution in [0.5, 0.6) is 0 Å². The zero-order valence-corrected chi connectivity index (χ0v) is 13.4. The number of aromatic amines is 1. The highest BCUT2D eigenvalue weighted by Crippen LogP contribution is 2.22. The summed E-state index contributed by atoms with van der Waals surface area (Å²) >= 11 is 0. The highest BCUT2D eigenvalue weighted by atomic mass is 32.2. The number of carbonyl (C=O) groups is 1. The predicted octanol–water partition coefficient (Wildman–Crippen LogP) is 1.48. The topological polar surface area (TPSA) is 82.3 Å². The quantitative estimate of drug-likeness (QED) is 0.880. The van der Waals surface area contributed by atoms with E-state index >= 15 is 0 Å². The third-order valence-electron chi connectivity index (χ3n) is 4.62. The molecule has 0 radical (unpaired) electrons. The average molecular weight is 325 g/mol. The second-order valence-corrected chi connectivity index (χ2v) is 8.24. The number of nitrogens with one attached hydrogen (secondary N) is 2. The summed E-state index contributed by atoms with van der Waals surface area (Å²) < 4.78 is 27.9. The molecule has 6 nitrogen and oxygen atoms in total. The highest BCUT2D eigenvalue weighted by Gasteiger charge is 2.34. The SMILES string of the molecule is O=C(c1ccc[nH]1)N1CCC[C@@H](S(=O)(=O)NC2CCCC2)C1. The first-order valence-electron chi connectivity index (χ1n) is 8.00. The van der Waals surface area contributed by atoms with Crippen molar-refractivity contribution < 1.29 is 13.2 Å². The van der Waals surface area contributed by atoms with Crippen LogP contribution in [0.1, 0.15) is 49.0 Å². The molecule has 2 heterocycles. The molecule has 7 heteroatoms. The van der Waals surface area contributed by atoms with E-state index < -0.39 is 15.3 Å². The van der Waals surface area contributed by atoms with E-state index in [-0.39, 0.29) is 18.5 Å². The van der Waals surface area contributed by atoms with E-state index in [1.807, 2.05) is 0 Å². The lowest BCUT2D eigenvalue weighted by Gasteiger charge is -2.32. The van der Waals surface area contributed by atoms with Crippen molar-refractivity contribution in [2.45, 2.75) is 49.8 Å². The molecule has 1 saturated carbocycles. The molecule has 0 spiro atoms. The van der Waals surface area contributed by atoms with Crippen molar-refractivity contribution in [3.05, 3.63) is 24.0 Å². The van der Waals surface area contributed by atoms with Crippen LogP contribution < -0.4 is 4.72 Å². The standard InChI is InChI=1S/C15H23N3O3S/c19-15(14-8-3-9-16-14)18-10-4-7-13(11-18)22(20,21)17-12-5-1-2-6-12/h3,8-9,12-13,16-17H,1-2,4-7,10-11H2/t13-/m1/s1. The minimum atomic E-state index is -3.36. The molecule has 3 rings (SSSR count). The molecular formula is C15H23N3O3S. The Morgan fingerprint density at radius 3 is 2.68 bits per heavy atom. The van der Waals surface area contributed by atoms with E-state index in [4.69, 9.17) is 0 Å². The van der Waals surface area contributed by atoms with Gasteiger partial charge in [0.05, 0.1) is 5.25 Å². The Morgan fingerprint density at radius 2 is 2.00 bits per heavy atom. The monoisotopic (exact) mass is 325 g/mol. The fourth-order valence-corrected chi connectivity index (χ4v) is 5.13. The van der Waals surface area contributed by atoms with E-state index in [9.17, 15) is 13.2 Å². The van der Waals surface area contributed by atoms with E-state index in [1.54, 1.807) is 23.2 Å². The number of piperidine rings is 1. The number of carbonyl (C=O) groups excluding carboxylic acids is 1. The van der Waals surface area contributed by atoms with Crippen LogP contribution in [-0.4, -0.2) is 48.6 Å². The van der Waals surface area contributed by atoms with Gasteiger partial charge in [0.2, 0.25) is 10.0 Å². The lowest BCUT2D eigenvalue weighted by atomic mass is 10.1. The Kier molecular flexibility index (Phi) is 4.54. The van der Waals surface area contributed by atoms with Gasteiger partial charge in [0.25, 0.3) is 5.91 Å². The van der Waals surface area contributed by atoms with Gasteiger partial charge in [0.15, 0.2) is 0 Å². The molecule has 2 aliphatic rings.